The average molecular weight is 409 g/mol. The Balaban J connectivity index is 1.52. The Morgan fingerprint density at radius 2 is 1.76 bits per heavy atom. The molecule has 29 heavy (non-hydrogen) atoms. The zero-order chi connectivity index (χ0) is 21.0. The highest BCUT2D eigenvalue weighted by Gasteiger charge is 2.62. The molecule has 4 saturated carbocycles. The topological polar surface area (TPSA) is 87.0 Å². The van der Waals surface area contributed by atoms with Gasteiger partial charge in [0.15, 0.2) is 0 Å². The van der Waals surface area contributed by atoms with Crippen LogP contribution >= 0.6 is 0 Å². The predicted molar refractivity (Wildman–Crippen MR) is 110 cm³/mol. The molecule has 4 aliphatic rings. The molecule has 0 aromatic carbocycles. The van der Waals surface area contributed by atoms with Crippen molar-refractivity contribution in [1.82, 2.24) is 0 Å². The summed E-state index contributed by atoms with van der Waals surface area (Å²) in [6.07, 6.45) is 8.96. The minimum atomic E-state index is -0.584. The van der Waals surface area contributed by atoms with Crippen molar-refractivity contribution in [3.05, 3.63) is 0 Å². The number of rotatable bonds is 4. The van der Waals surface area contributed by atoms with Crippen LogP contribution in [0.3, 0.4) is 0 Å². The van der Waals surface area contributed by atoms with E-state index in [1.54, 1.807) is 0 Å². The van der Waals surface area contributed by atoms with Crippen molar-refractivity contribution in [3.8, 4) is 0 Å². The van der Waals surface area contributed by atoms with Gasteiger partial charge in [0, 0.05) is 11.8 Å². The maximum absolute atomic E-state index is 11.4. The number of carbonyl (C=O) groups is 1. The van der Waals surface area contributed by atoms with Crippen molar-refractivity contribution in [2.24, 2.45) is 46.3 Å². The van der Waals surface area contributed by atoms with Gasteiger partial charge in [-0.15, -0.1) is 0 Å². The maximum Gasteiger partial charge on any atom is 0.342 e. The predicted octanol–water partition coefficient (Wildman–Crippen LogP) is 4.41. The first-order valence-electron chi connectivity index (χ1n) is 11.9. The Bertz CT molecular complexity index is 618. The van der Waals surface area contributed by atoms with Crippen molar-refractivity contribution in [2.75, 3.05) is 0 Å². The minimum Gasteiger partial charge on any atom is -0.390 e. The molecule has 0 aliphatic heterocycles. The largest absolute Gasteiger partial charge is 0.390 e. The fourth-order valence-corrected chi connectivity index (χ4v) is 8.90. The lowest BCUT2D eigenvalue weighted by molar-refractivity contribution is -0.234. The van der Waals surface area contributed by atoms with Gasteiger partial charge in [-0.3, -0.25) is 0 Å². The third-order valence-corrected chi connectivity index (χ3v) is 10.4. The summed E-state index contributed by atoms with van der Waals surface area (Å²) in [6, 6.07) is 0. The van der Waals surface area contributed by atoms with E-state index >= 15 is 0 Å². The minimum absolute atomic E-state index is 0.142. The lowest BCUT2D eigenvalue weighted by atomic mass is 9.43. The van der Waals surface area contributed by atoms with Gasteiger partial charge >= 0.3 is 5.97 Å². The number of aliphatic hydroxyl groups excluding tert-OH is 2. The van der Waals surface area contributed by atoms with E-state index in [0.29, 0.717) is 40.9 Å². The van der Waals surface area contributed by atoms with Crippen molar-refractivity contribution in [2.45, 2.75) is 97.2 Å². The Morgan fingerprint density at radius 3 is 2.48 bits per heavy atom. The monoisotopic (exact) mass is 408 g/mol. The summed E-state index contributed by atoms with van der Waals surface area (Å²) < 4.78 is 0. The highest BCUT2D eigenvalue weighted by Crippen LogP contribution is 2.68. The van der Waals surface area contributed by atoms with Gasteiger partial charge in [-0.25, -0.2) is 4.79 Å². The molecule has 4 fully saturated rings. The highest BCUT2D eigenvalue weighted by atomic mass is 17.1. The van der Waals surface area contributed by atoms with E-state index in [0.717, 1.165) is 25.7 Å². The molecule has 5 nitrogen and oxygen atoms in total. The van der Waals surface area contributed by atoms with Crippen LogP contribution in [-0.2, 0) is 9.68 Å². The van der Waals surface area contributed by atoms with Gasteiger partial charge in [0.05, 0.1) is 12.2 Å². The quantitative estimate of drug-likeness (QED) is 0.474. The number of hydrogen-bond donors (Lipinski definition) is 3. The zero-order valence-corrected chi connectivity index (χ0v) is 18.3. The van der Waals surface area contributed by atoms with Gasteiger partial charge in [0.25, 0.3) is 0 Å². The summed E-state index contributed by atoms with van der Waals surface area (Å²) in [6.45, 7) is 7.02. The number of fused-ring (bicyclic) bond motifs is 5. The summed E-state index contributed by atoms with van der Waals surface area (Å²) in [5, 5.41) is 30.0. The summed E-state index contributed by atoms with van der Waals surface area (Å²) in [5.74, 6) is 2.91. The fraction of sp³-hybridized carbons (Fsp3) is 0.958. The van der Waals surface area contributed by atoms with E-state index in [4.69, 9.17) is 5.26 Å². The Kier molecular flexibility index (Phi) is 5.80. The van der Waals surface area contributed by atoms with Crippen LogP contribution in [0.2, 0.25) is 0 Å². The van der Waals surface area contributed by atoms with Crippen LogP contribution in [0.1, 0.15) is 85.0 Å². The third-order valence-electron chi connectivity index (χ3n) is 10.4. The van der Waals surface area contributed by atoms with Crippen LogP contribution in [0.15, 0.2) is 0 Å². The fourth-order valence-electron chi connectivity index (χ4n) is 8.90. The van der Waals surface area contributed by atoms with Crippen LogP contribution in [0.25, 0.3) is 0 Å². The van der Waals surface area contributed by atoms with E-state index in [9.17, 15) is 15.0 Å². The summed E-state index contributed by atoms with van der Waals surface area (Å²) in [7, 11) is 0. The van der Waals surface area contributed by atoms with Crippen molar-refractivity contribution in [3.63, 3.8) is 0 Å². The van der Waals surface area contributed by atoms with Crippen molar-refractivity contribution in [1.29, 1.82) is 0 Å². The first-order valence-corrected chi connectivity index (χ1v) is 11.9. The highest BCUT2D eigenvalue weighted by molar-refractivity contribution is 5.68. The van der Waals surface area contributed by atoms with Crippen LogP contribution in [-0.4, -0.2) is 33.6 Å². The molecule has 10 atom stereocenters. The number of carbonyl (C=O) groups excluding carboxylic acids is 1. The Labute approximate surface area is 175 Å². The van der Waals surface area contributed by atoms with Crippen molar-refractivity contribution < 1.29 is 25.2 Å². The molecule has 4 rings (SSSR count). The number of hydrogen-bond acceptors (Lipinski definition) is 5. The van der Waals surface area contributed by atoms with Crippen LogP contribution < -0.4 is 0 Å². The molecule has 5 heteroatoms. The SMILES string of the molecule is C[C@H](CCC(=O)OO)[C@H]1CC[C@H]2[C@@H]3CC[C@@H]4CCC(O)C(O)[C@]4(C)[C@H]3CC[C@]12C. The standard InChI is InChI=1S/C24H40O5/c1-14(4-11-21(26)29-28)17-8-9-18-16-7-5-15-6-10-20(25)22(27)24(15,3)19(16)12-13-23(17,18)2/h14-20,22,25,27-28H,4-13H2,1-3H3/t14-,15-,16+,17-,18+,19+,20?,22?,23-,24+/m1/s1. The molecule has 4 aliphatic carbocycles. The maximum atomic E-state index is 11.4. The zero-order valence-electron chi connectivity index (χ0n) is 18.3. The molecular weight excluding hydrogens is 368 g/mol. The van der Waals surface area contributed by atoms with Gasteiger partial charge in [-0.1, -0.05) is 20.8 Å². The van der Waals surface area contributed by atoms with Crippen molar-refractivity contribution >= 4 is 5.97 Å². The Morgan fingerprint density at radius 1 is 1.03 bits per heavy atom. The summed E-state index contributed by atoms with van der Waals surface area (Å²) in [5.41, 5.74) is 0.154. The summed E-state index contributed by atoms with van der Waals surface area (Å²) in [4.78, 5) is 15.3. The van der Waals surface area contributed by atoms with Crippen LogP contribution in [0.5, 0.6) is 0 Å². The molecular formula is C24H40O5. The van der Waals surface area contributed by atoms with Gasteiger partial charge in [0.1, 0.15) is 0 Å². The second-order valence-corrected chi connectivity index (χ2v) is 11.3. The number of aliphatic hydroxyl groups is 2. The van der Waals surface area contributed by atoms with Gasteiger partial charge in [0.2, 0.25) is 0 Å². The molecule has 0 bridgehead atoms. The molecule has 0 radical (unpaired) electrons. The van der Waals surface area contributed by atoms with Gasteiger partial charge in [-0.05, 0) is 98.7 Å². The van der Waals surface area contributed by atoms with E-state index in [2.05, 4.69) is 25.7 Å². The molecule has 0 saturated heterocycles. The van der Waals surface area contributed by atoms with Crippen LogP contribution in [0, 0.1) is 46.3 Å². The van der Waals surface area contributed by atoms with E-state index in [-0.39, 0.29) is 11.8 Å². The molecule has 166 valence electrons. The normalized spacial score (nSPS) is 50.2. The average Bonchev–Trinajstić information content (AvgIpc) is 3.06. The third kappa shape index (κ3) is 3.27. The molecule has 0 amide bonds. The molecule has 3 N–H and O–H groups in total. The molecule has 2 unspecified atom stereocenters. The Hall–Kier alpha value is -0.650. The molecule has 0 aromatic heterocycles. The van der Waals surface area contributed by atoms with Gasteiger partial charge in [-0.2, -0.15) is 5.26 Å². The van der Waals surface area contributed by atoms with Gasteiger partial charge < -0.3 is 15.1 Å². The van der Waals surface area contributed by atoms with Crippen LogP contribution in [0.4, 0.5) is 0 Å². The molecule has 0 heterocycles. The second-order valence-electron chi connectivity index (χ2n) is 11.3. The van der Waals surface area contributed by atoms with E-state index < -0.39 is 18.2 Å². The molecule has 0 aromatic rings. The first kappa shape index (κ1) is 21.6. The smallest absolute Gasteiger partial charge is 0.342 e. The van der Waals surface area contributed by atoms with E-state index in [1.807, 2.05) is 0 Å². The second kappa shape index (κ2) is 7.80. The van der Waals surface area contributed by atoms with E-state index in [1.165, 1.54) is 32.1 Å². The molecule has 0 spiro atoms. The lowest BCUT2D eigenvalue weighted by Crippen LogP contribution is -2.60. The summed E-state index contributed by atoms with van der Waals surface area (Å²) >= 11 is 0. The first-order chi connectivity index (χ1) is 13.7. The lowest BCUT2D eigenvalue weighted by Gasteiger charge is -2.62.